The van der Waals surface area contributed by atoms with Gasteiger partial charge in [0.05, 0.1) is 6.10 Å². The summed E-state index contributed by atoms with van der Waals surface area (Å²) in [6.45, 7) is 3.21. The van der Waals surface area contributed by atoms with E-state index >= 15 is 0 Å². The molecule has 6 heteroatoms. The number of likely N-dealkylation sites (tertiary alicyclic amines) is 1. The molecule has 1 amide bonds. The van der Waals surface area contributed by atoms with Crippen LogP contribution < -0.4 is 4.90 Å². The largest absolute Gasteiger partial charge is 0.381 e. The van der Waals surface area contributed by atoms with Crippen LogP contribution in [0.4, 0.5) is 5.88 Å². The average Bonchev–Trinajstić information content (AvgIpc) is 3.11. The average molecular weight is 341 g/mol. The van der Waals surface area contributed by atoms with Crippen molar-refractivity contribution < 1.29 is 14.1 Å². The van der Waals surface area contributed by atoms with Crippen LogP contribution in [0.3, 0.4) is 0 Å². The van der Waals surface area contributed by atoms with Crippen LogP contribution in [0.25, 0.3) is 0 Å². The van der Waals surface area contributed by atoms with Gasteiger partial charge in [0, 0.05) is 45.3 Å². The van der Waals surface area contributed by atoms with E-state index in [0.717, 1.165) is 39.0 Å². The summed E-state index contributed by atoms with van der Waals surface area (Å²) in [5.74, 6) is 1.05. The molecule has 0 N–H and O–H groups in total. The molecule has 0 atom stereocenters. The molecule has 0 aliphatic carbocycles. The summed E-state index contributed by atoms with van der Waals surface area (Å²) in [5.41, 5.74) is 1.68. The molecule has 2 aliphatic rings. The Bertz CT molecular complexity index is 717. The summed E-state index contributed by atoms with van der Waals surface area (Å²) < 4.78 is 10.8. The molecule has 4 rings (SSSR count). The van der Waals surface area contributed by atoms with Crippen molar-refractivity contribution in [1.29, 1.82) is 0 Å². The summed E-state index contributed by atoms with van der Waals surface area (Å²) in [5, 5.41) is 3.99. The Kier molecular flexibility index (Phi) is 4.44. The van der Waals surface area contributed by atoms with Crippen LogP contribution in [0.15, 0.2) is 40.9 Å². The second-order valence-corrected chi connectivity index (χ2v) is 6.79. The number of ether oxygens (including phenoxy) is 1. The van der Waals surface area contributed by atoms with E-state index in [4.69, 9.17) is 9.26 Å². The van der Waals surface area contributed by atoms with Crippen molar-refractivity contribution in [3.63, 3.8) is 0 Å². The fourth-order valence-electron chi connectivity index (χ4n) is 3.57. The van der Waals surface area contributed by atoms with Crippen molar-refractivity contribution in [2.24, 2.45) is 0 Å². The van der Waals surface area contributed by atoms with Crippen molar-refractivity contribution >= 4 is 11.8 Å². The predicted octanol–water partition coefficient (Wildman–Crippen LogP) is 2.53. The van der Waals surface area contributed by atoms with Gasteiger partial charge in [0.2, 0.25) is 5.88 Å². The van der Waals surface area contributed by atoms with Gasteiger partial charge in [-0.15, -0.1) is 0 Å². The van der Waals surface area contributed by atoms with E-state index in [0.29, 0.717) is 23.6 Å². The normalized spacial score (nSPS) is 19.1. The van der Waals surface area contributed by atoms with Crippen molar-refractivity contribution in [2.45, 2.75) is 24.9 Å². The molecule has 0 radical (unpaired) electrons. The van der Waals surface area contributed by atoms with Gasteiger partial charge in [-0.3, -0.25) is 4.79 Å². The molecule has 0 saturated carbocycles. The minimum atomic E-state index is -0.0473. The zero-order chi connectivity index (χ0) is 17.2. The van der Waals surface area contributed by atoms with E-state index in [1.165, 1.54) is 5.56 Å². The first-order chi connectivity index (χ1) is 12.2. The molecule has 2 aliphatic heterocycles. The summed E-state index contributed by atoms with van der Waals surface area (Å²) in [6.07, 6.45) is 2.24. The highest BCUT2D eigenvalue weighted by Gasteiger charge is 2.34. The number of anilines is 1. The quantitative estimate of drug-likeness (QED) is 0.855. The topological polar surface area (TPSA) is 58.8 Å². The third-order valence-electron chi connectivity index (χ3n) is 5.24. The monoisotopic (exact) mass is 341 g/mol. The van der Waals surface area contributed by atoms with E-state index in [9.17, 15) is 4.79 Å². The molecule has 2 saturated heterocycles. The number of carbonyl (C=O) groups is 1. The lowest BCUT2D eigenvalue weighted by Crippen LogP contribution is -2.48. The van der Waals surface area contributed by atoms with Gasteiger partial charge in [-0.1, -0.05) is 35.5 Å². The van der Waals surface area contributed by atoms with Gasteiger partial charge in [-0.05, 0) is 18.4 Å². The van der Waals surface area contributed by atoms with E-state index in [1.54, 1.807) is 13.2 Å². The van der Waals surface area contributed by atoms with Crippen LogP contribution in [-0.2, 0) is 4.74 Å². The van der Waals surface area contributed by atoms with E-state index < -0.39 is 0 Å². The molecule has 0 spiro atoms. The Hall–Kier alpha value is -2.34. The fourth-order valence-corrected chi connectivity index (χ4v) is 3.57. The molecule has 6 nitrogen and oxygen atoms in total. The molecule has 0 unspecified atom stereocenters. The Labute approximate surface area is 147 Å². The second kappa shape index (κ2) is 6.88. The molecular formula is C19H23N3O3. The molecule has 25 heavy (non-hydrogen) atoms. The lowest BCUT2D eigenvalue weighted by molar-refractivity contribution is 0.0591. The van der Waals surface area contributed by atoms with Gasteiger partial charge in [-0.2, -0.15) is 0 Å². The van der Waals surface area contributed by atoms with Crippen LogP contribution in [0, 0.1) is 0 Å². The molecule has 2 fully saturated rings. The molecule has 0 bridgehead atoms. The Morgan fingerprint density at radius 2 is 1.92 bits per heavy atom. The summed E-state index contributed by atoms with van der Waals surface area (Å²) >= 11 is 0. The first kappa shape index (κ1) is 16.1. The zero-order valence-electron chi connectivity index (χ0n) is 14.4. The van der Waals surface area contributed by atoms with Crippen LogP contribution in [-0.4, -0.2) is 55.4 Å². The SMILES string of the molecule is COC1CCN(c2cc(C(=O)N3CC(c4ccccc4)C3)no2)CC1. The van der Waals surface area contributed by atoms with E-state index in [2.05, 4.69) is 22.2 Å². The highest BCUT2D eigenvalue weighted by molar-refractivity contribution is 5.93. The molecular weight excluding hydrogens is 318 g/mol. The van der Waals surface area contributed by atoms with Crippen LogP contribution in [0.1, 0.15) is 34.8 Å². The minimum absolute atomic E-state index is 0.0473. The van der Waals surface area contributed by atoms with Gasteiger partial charge in [0.25, 0.3) is 5.91 Å². The maximum Gasteiger partial charge on any atom is 0.276 e. The van der Waals surface area contributed by atoms with Gasteiger partial charge in [-0.25, -0.2) is 0 Å². The standard InChI is InChI=1S/C19H23N3O3/c1-24-16-7-9-21(10-8-16)18-11-17(20-25-18)19(23)22-12-15(13-22)14-5-3-2-4-6-14/h2-6,11,15-16H,7-10,12-13H2,1H3. The number of piperidine rings is 1. The molecule has 2 aromatic rings. The number of benzene rings is 1. The zero-order valence-corrected chi connectivity index (χ0v) is 14.4. The van der Waals surface area contributed by atoms with Crippen molar-refractivity contribution in [1.82, 2.24) is 10.1 Å². The van der Waals surface area contributed by atoms with Crippen LogP contribution >= 0.6 is 0 Å². The third-order valence-corrected chi connectivity index (χ3v) is 5.24. The summed E-state index contributed by atoms with van der Waals surface area (Å²) in [4.78, 5) is 16.5. The molecule has 1 aromatic carbocycles. The van der Waals surface area contributed by atoms with Gasteiger partial charge in [0.1, 0.15) is 0 Å². The fraction of sp³-hybridized carbons (Fsp3) is 0.474. The van der Waals surface area contributed by atoms with Gasteiger partial charge < -0.3 is 19.1 Å². The van der Waals surface area contributed by atoms with Crippen molar-refractivity contribution in [3.8, 4) is 0 Å². The number of rotatable bonds is 4. The predicted molar refractivity (Wildman–Crippen MR) is 93.8 cm³/mol. The minimum Gasteiger partial charge on any atom is -0.381 e. The van der Waals surface area contributed by atoms with Crippen molar-refractivity contribution in [3.05, 3.63) is 47.7 Å². The number of hydrogen-bond acceptors (Lipinski definition) is 5. The van der Waals surface area contributed by atoms with Crippen LogP contribution in [0.2, 0.25) is 0 Å². The Morgan fingerprint density at radius 1 is 1.20 bits per heavy atom. The number of hydrogen-bond donors (Lipinski definition) is 0. The third kappa shape index (κ3) is 3.26. The second-order valence-electron chi connectivity index (χ2n) is 6.79. The summed E-state index contributed by atoms with van der Waals surface area (Å²) in [7, 11) is 1.75. The van der Waals surface area contributed by atoms with E-state index in [1.807, 2.05) is 23.1 Å². The number of carbonyl (C=O) groups excluding carboxylic acids is 1. The summed E-state index contributed by atoms with van der Waals surface area (Å²) in [6, 6.07) is 12.1. The molecule has 132 valence electrons. The first-order valence-corrected chi connectivity index (χ1v) is 8.83. The lowest BCUT2D eigenvalue weighted by atomic mass is 9.91. The molecule has 1 aromatic heterocycles. The van der Waals surface area contributed by atoms with Crippen molar-refractivity contribution in [2.75, 3.05) is 38.2 Å². The molecule has 3 heterocycles. The number of aromatic nitrogens is 1. The number of nitrogens with zero attached hydrogens (tertiary/aromatic N) is 3. The highest BCUT2D eigenvalue weighted by atomic mass is 16.5. The number of amides is 1. The smallest absolute Gasteiger partial charge is 0.276 e. The maximum absolute atomic E-state index is 12.6. The van der Waals surface area contributed by atoms with Gasteiger partial charge in [0.15, 0.2) is 5.69 Å². The number of methoxy groups -OCH3 is 1. The van der Waals surface area contributed by atoms with Crippen LogP contribution in [0.5, 0.6) is 0 Å². The Balaban J connectivity index is 1.34. The lowest BCUT2D eigenvalue weighted by Gasteiger charge is -2.39. The maximum atomic E-state index is 12.6. The van der Waals surface area contributed by atoms with E-state index in [-0.39, 0.29) is 5.91 Å². The Morgan fingerprint density at radius 3 is 2.60 bits per heavy atom. The first-order valence-electron chi connectivity index (χ1n) is 8.83. The van der Waals surface area contributed by atoms with Gasteiger partial charge >= 0.3 is 0 Å². The highest BCUT2D eigenvalue weighted by Crippen LogP contribution is 2.29.